The minimum absolute atomic E-state index is 0.101. The molecule has 0 aromatic rings. The summed E-state index contributed by atoms with van der Waals surface area (Å²) in [6.45, 7) is 14.0. The van der Waals surface area contributed by atoms with E-state index >= 15 is 0 Å². The lowest BCUT2D eigenvalue weighted by Gasteiger charge is -2.21. The second-order valence-electron chi connectivity index (χ2n) is 26.1. The number of carbonyl (C=O) groups excluding carboxylic acids is 4. The van der Waals surface area contributed by atoms with E-state index in [-0.39, 0.29) is 25.7 Å². The van der Waals surface area contributed by atoms with Crippen molar-refractivity contribution < 1.29 is 80.2 Å². The maximum atomic E-state index is 13.0. The normalized spacial score (nSPS) is 14.4. The number of carbonyl (C=O) groups is 4. The van der Waals surface area contributed by atoms with Gasteiger partial charge in [0, 0.05) is 25.7 Å². The number of aliphatic hydroxyl groups is 1. The number of aliphatic hydroxyl groups excluding tert-OH is 1. The van der Waals surface area contributed by atoms with Crippen molar-refractivity contribution in [3.05, 3.63) is 0 Å². The van der Waals surface area contributed by atoms with Crippen LogP contribution in [0.2, 0.25) is 0 Å². The van der Waals surface area contributed by atoms with Gasteiger partial charge in [-0.2, -0.15) is 0 Å². The van der Waals surface area contributed by atoms with Crippen LogP contribution in [0.25, 0.3) is 0 Å². The maximum absolute atomic E-state index is 13.0. The summed E-state index contributed by atoms with van der Waals surface area (Å²) in [6, 6.07) is 0. The predicted octanol–water partition coefficient (Wildman–Crippen LogP) is 18.5. The van der Waals surface area contributed by atoms with Crippen molar-refractivity contribution in [1.29, 1.82) is 0 Å². The van der Waals surface area contributed by atoms with Crippen molar-refractivity contribution in [2.45, 2.75) is 343 Å². The number of phosphoric acid groups is 2. The largest absolute Gasteiger partial charge is 0.472 e. The summed E-state index contributed by atoms with van der Waals surface area (Å²) in [7, 11) is -9.89. The summed E-state index contributed by atoms with van der Waals surface area (Å²) in [5.41, 5.74) is 0. The Hall–Kier alpha value is -1.94. The van der Waals surface area contributed by atoms with Crippen LogP contribution in [0.4, 0.5) is 0 Å². The van der Waals surface area contributed by atoms with Gasteiger partial charge in [-0.05, 0) is 49.4 Å². The zero-order valence-electron chi connectivity index (χ0n) is 55.9. The Balaban J connectivity index is 5.22. The fraction of sp³-hybridized carbons (Fsp3) is 0.940. The monoisotopic (exact) mass is 1270 g/mol. The van der Waals surface area contributed by atoms with Gasteiger partial charge in [0.05, 0.1) is 26.4 Å². The van der Waals surface area contributed by atoms with Gasteiger partial charge < -0.3 is 33.8 Å². The molecule has 0 aromatic heterocycles. The lowest BCUT2D eigenvalue weighted by molar-refractivity contribution is -0.161. The predicted molar refractivity (Wildman–Crippen MR) is 344 cm³/mol. The highest BCUT2D eigenvalue weighted by atomic mass is 31.2. The zero-order chi connectivity index (χ0) is 63.9. The highest BCUT2D eigenvalue weighted by molar-refractivity contribution is 7.47. The highest BCUT2D eigenvalue weighted by Gasteiger charge is 2.30. The molecule has 0 spiro atoms. The summed E-state index contributed by atoms with van der Waals surface area (Å²) in [4.78, 5) is 72.3. The van der Waals surface area contributed by atoms with Crippen molar-refractivity contribution in [1.82, 2.24) is 0 Å². The van der Waals surface area contributed by atoms with Crippen LogP contribution in [0.3, 0.4) is 0 Å². The van der Waals surface area contributed by atoms with Crippen molar-refractivity contribution in [2.75, 3.05) is 39.6 Å². The summed E-state index contributed by atoms with van der Waals surface area (Å²) in [5, 5.41) is 10.6. The molecule has 0 saturated heterocycles. The van der Waals surface area contributed by atoms with Gasteiger partial charge in [-0.25, -0.2) is 9.13 Å². The number of ether oxygens (including phenoxy) is 4. The summed E-state index contributed by atoms with van der Waals surface area (Å²) in [5.74, 6) is 0.748. The molecule has 0 aromatic carbocycles. The second-order valence-corrected chi connectivity index (χ2v) is 29.0. The number of hydrogen-bond acceptors (Lipinski definition) is 15. The Morgan fingerprint density at radius 1 is 0.291 bits per heavy atom. The van der Waals surface area contributed by atoms with E-state index in [1.54, 1.807) is 0 Å². The number of unbranched alkanes of at least 4 members (excludes halogenated alkanes) is 30. The standard InChI is InChI=1S/C67H130O17P2/c1-57(2)43-35-27-19-14-12-10-9-11-13-15-23-33-41-49-66(71)83-62(53-78-65(70)48-40-32-24-18-21-29-37-45-59(5)6)55-81-85(73,74)79-51-61(68)52-80-86(75,76)82-56-63(84-67(72)50-42-34-26-25-30-38-46-60(7)8)54-77-64(69)47-39-31-22-17-16-20-28-36-44-58(3)4/h57-63,68H,9-56H2,1-8H3,(H,73,74)(H,75,76)/t61?,62-,63-/m1/s1. The van der Waals surface area contributed by atoms with E-state index in [9.17, 15) is 43.2 Å². The van der Waals surface area contributed by atoms with Crippen LogP contribution in [-0.2, 0) is 65.4 Å². The average molecular weight is 1270 g/mol. The fourth-order valence-corrected chi connectivity index (χ4v) is 11.5. The summed E-state index contributed by atoms with van der Waals surface area (Å²) >= 11 is 0. The quantitative estimate of drug-likeness (QED) is 0.0222. The first-order chi connectivity index (χ1) is 41.1. The topological polar surface area (TPSA) is 237 Å². The van der Waals surface area contributed by atoms with E-state index < -0.39 is 97.5 Å². The molecule has 3 N–H and O–H groups in total. The molecule has 0 amide bonds. The van der Waals surface area contributed by atoms with Gasteiger partial charge in [-0.3, -0.25) is 37.3 Å². The Kier molecular flexibility index (Phi) is 55.7. The van der Waals surface area contributed by atoms with Crippen LogP contribution in [0.5, 0.6) is 0 Å². The van der Waals surface area contributed by atoms with Gasteiger partial charge in [-0.1, -0.05) is 274 Å². The van der Waals surface area contributed by atoms with Gasteiger partial charge in [0.25, 0.3) is 0 Å². The average Bonchev–Trinajstić information content (AvgIpc) is 3.52. The molecule has 19 heteroatoms. The third kappa shape index (κ3) is 60.9. The molecule has 0 aliphatic heterocycles. The van der Waals surface area contributed by atoms with E-state index in [1.165, 1.54) is 122 Å². The number of esters is 4. The van der Waals surface area contributed by atoms with Crippen LogP contribution < -0.4 is 0 Å². The van der Waals surface area contributed by atoms with Gasteiger partial charge in [0.1, 0.15) is 19.3 Å². The lowest BCUT2D eigenvalue weighted by Crippen LogP contribution is -2.30. The second kappa shape index (κ2) is 57.0. The Labute approximate surface area is 524 Å². The van der Waals surface area contributed by atoms with Gasteiger partial charge >= 0.3 is 39.5 Å². The number of phosphoric ester groups is 2. The molecule has 0 saturated carbocycles. The summed E-state index contributed by atoms with van der Waals surface area (Å²) < 4.78 is 68.1. The van der Waals surface area contributed by atoms with Crippen molar-refractivity contribution in [3.8, 4) is 0 Å². The molecule has 17 nitrogen and oxygen atoms in total. The minimum atomic E-state index is -4.95. The molecule has 86 heavy (non-hydrogen) atoms. The van der Waals surface area contributed by atoms with Crippen molar-refractivity contribution >= 4 is 39.5 Å². The molecular formula is C67H130O17P2. The lowest BCUT2D eigenvalue weighted by atomic mass is 10.0. The van der Waals surface area contributed by atoms with E-state index in [1.807, 2.05) is 0 Å². The number of rotatable bonds is 64. The van der Waals surface area contributed by atoms with Gasteiger partial charge in [-0.15, -0.1) is 0 Å². The first-order valence-electron chi connectivity index (χ1n) is 34.7. The minimum Gasteiger partial charge on any atom is -0.462 e. The Bertz CT molecular complexity index is 1710. The molecule has 510 valence electrons. The Morgan fingerprint density at radius 3 is 0.721 bits per heavy atom. The van der Waals surface area contributed by atoms with Crippen molar-refractivity contribution in [3.63, 3.8) is 0 Å². The van der Waals surface area contributed by atoms with Gasteiger partial charge in [0.2, 0.25) is 0 Å². The van der Waals surface area contributed by atoms with E-state index in [0.717, 1.165) is 108 Å². The highest BCUT2D eigenvalue weighted by Crippen LogP contribution is 2.45. The molecule has 0 aliphatic rings. The first kappa shape index (κ1) is 84.1. The first-order valence-corrected chi connectivity index (χ1v) is 37.7. The van der Waals surface area contributed by atoms with E-state index in [2.05, 4.69) is 55.4 Å². The third-order valence-corrected chi connectivity index (χ3v) is 17.2. The Morgan fingerprint density at radius 2 is 0.488 bits per heavy atom. The molecule has 0 fully saturated rings. The fourth-order valence-electron chi connectivity index (χ4n) is 9.96. The molecular weight excluding hydrogens is 1140 g/mol. The molecule has 0 heterocycles. The molecule has 0 rings (SSSR count). The van der Waals surface area contributed by atoms with E-state index in [4.69, 9.17) is 37.0 Å². The smallest absolute Gasteiger partial charge is 0.462 e. The van der Waals surface area contributed by atoms with Crippen LogP contribution in [0.1, 0.15) is 325 Å². The molecule has 0 radical (unpaired) electrons. The van der Waals surface area contributed by atoms with Crippen LogP contribution in [0.15, 0.2) is 0 Å². The molecule has 3 unspecified atom stereocenters. The van der Waals surface area contributed by atoms with Gasteiger partial charge in [0.15, 0.2) is 12.2 Å². The number of hydrogen-bond donors (Lipinski definition) is 3. The third-order valence-electron chi connectivity index (χ3n) is 15.3. The molecule has 0 aliphatic carbocycles. The summed E-state index contributed by atoms with van der Waals surface area (Å²) in [6.07, 6.45) is 37.9. The SMILES string of the molecule is CC(C)CCCCCCCCCCCCCCCC(=O)O[C@H](COC(=O)CCCCCCCCCC(C)C)COP(=O)(O)OCC(O)COP(=O)(O)OC[C@@H](COC(=O)CCCCCCCCCCC(C)C)OC(=O)CCCCCCCCC(C)C. The molecule has 5 atom stereocenters. The van der Waals surface area contributed by atoms with Crippen LogP contribution in [0, 0.1) is 23.7 Å². The molecule has 0 bridgehead atoms. The maximum Gasteiger partial charge on any atom is 0.472 e. The van der Waals surface area contributed by atoms with E-state index in [0.29, 0.717) is 37.5 Å². The zero-order valence-corrected chi connectivity index (χ0v) is 57.7. The van der Waals surface area contributed by atoms with Crippen LogP contribution >= 0.6 is 15.6 Å². The van der Waals surface area contributed by atoms with Crippen molar-refractivity contribution in [2.24, 2.45) is 23.7 Å². The van der Waals surface area contributed by atoms with Crippen LogP contribution in [-0.4, -0.2) is 96.7 Å².